The number of hydrogen-bond donors (Lipinski definition) is 1. The largest absolute Gasteiger partial charge is 0.362 e. The van der Waals surface area contributed by atoms with Crippen molar-refractivity contribution in [1.29, 1.82) is 0 Å². The molecule has 1 aromatic heterocycles. The summed E-state index contributed by atoms with van der Waals surface area (Å²) in [6.07, 6.45) is 0. The second kappa shape index (κ2) is 5.05. The van der Waals surface area contributed by atoms with E-state index in [-0.39, 0.29) is 18.4 Å². The van der Waals surface area contributed by atoms with Crippen LogP contribution < -0.4 is 5.32 Å². The number of rotatable bonds is 4. The summed E-state index contributed by atoms with van der Waals surface area (Å²) in [5.41, 5.74) is 1.67. The molecule has 102 valence electrons. The lowest BCUT2D eigenvalue weighted by Gasteiger charge is -2.11. The maximum atomic E-state index is 12.2. The zero-order valence-electron chi connectivity index (χ0n) is 10.9. The third-order valence-corrected chi connectivity index (χ3v) is 3.93. The molecule has 1 aromatic carbocycles. The molecule has 2 amide bonds. The van der Waals surface area contributed by atoms with Crippen molar-refractivity contribution >= 4 is 28.3 Å². The maximum Gasteiger partial charge on any atom is 0.261 e. The Balaban J connectivity index is 1.82. The molecule has 3 rings (SSSR count). The van der Waals surface area contributed by atoms with Gasteiger partial charge in [0.2, 0.25) is 0 Å². The Bertz CT molecular complexity index is 646. The van der Waals surface area contributed by atoms with Crippen molar-refractivity contribution in [3.05, 3.63) is 46.5 Å². The molecule has 0 saturated carbocycles. The van der Waals surface area contributed by atoms with Crippen LogP contribution in [0.3, 0.4) is 0 Å². The lowest BCUT2D eigenvalue weighted by molar-refractivity contribution is 0.0640. The lowest BCUT2D eigenvalue weighted by atomic mass is 10.1. The van der Waals surface area contributed by atoms with Gasteiger partial charge in [-0.2, -0.15) is 0 Å². The number of hydrogen-bond acceptors (Lipinski definition) is 5. The molecule has 0 bridgehead atoms. The van der Waals surface area contributed by atoms with Gasteiger partial charge in [0.1, 0.15) is 0 Å². The fourth-order valence-electron chi connectivity index (χ4n) is 2.16. The first-order chi connectivity index (χ1) is 9.70. The molecule has 0 saturated heterocycles. The van der Waals surface area contributed by atoms with E-state index in [1.807, 2.05) is 12.3 Å². The van der Waals surface area contributed by atoms with Gasteiger partial charge in [0.25, 0.3) is 11.8 Å². The van der Waals surface area contributed by atoms with Crippen LogP contribution in [0.1, 0.15) is 33.3 Å². The normalized spacial score (nSPS) is 13.8. The van der Waals surface area contributed by atoms with Gasteiger partial charge >= 0.3 is 0 Å². The fourth-order valence-corrected chi connectivity index (χ4v) is 2.93. The first-order valence-corrected chi connectivity index (χ1v) is 7.22. The molecule has 20 heavy (non-hydrogen) atoms. The summed E-state index contributed by atoms with van der Waals surface area (Å²) in [7, 11) is 0. The van der Waals surface area contributed by atoms with Gasteiger partial charge in [0.15, 0.2) is 5.13 Å². The molecule has 0 aliphatic carbocycles. The third-order valence-electron chi connectivity index (χ3n) is 3.08. The average molecular weight is 287 g/mol. The summed E-state index contributed by atoms with van der Waals surface area (Å²) < 4.78 is 0. The SMILES string of the molecule is CCNc1nc(CN2C(=O)c3ccccc3C2=O)cs1. The van der Waals surface area contributed by atoms with E-state index in [1.165, 1.54) is 16.2 Å². The molecule has 1 aliphatic rings. The van der Waals surface area contributed by atoms with E-state index in [0.717, 1.165) is 17.4 Å². The van der Waals surface area contributed by atoms with E-state index >= 15 is 0 Å². The Morgan fingerprint density at radius 1 is 1.20 bits per heavy atom. The Hall–Kier alpha value is -2.21. The van der Waals surface area contributed by atoms with Crippen molar-refractivity contribution in [3.8, 4) is 0 Å². The number of amides is 2. The van der Waals surface area contributed by atoms with Crippen LogP contribution in [0.15, 0.2) is 29.6 Å². The van der Waals surface area contributed by atoms with E-state index in [4.69, 9.17) is 0 Å². The predicted octanol–water partition coefficient (Wildman–Crippen LogP) is 2.37. The van der Waals surface area contributed by atoms with Crippen molar-refractivity contribution in [2.24, 2.45) is 0 Å². The fraction of sp³-hybridized carbons (Fsp3) is 0.214. The van der Waals surface area contributed by atoms with E-state index in [1.54, 1.807) is 24.3 Å². The van der Waals surface area contributed by atoms with Crippen molar-refractivity contribution in [2.45, 2.75) is 13.5 Å². The van der Waals surface area contributed by atoms with E-state index < -0.39 is 0 Å². The third kappa shape index (κ3) is 2.08. The Kier molecular flexibility index (Phi) is 3.23. The number of benzene rings is 1. The zero-order valence-corrected chi connectivity index (χ0v) is 11.7. The first-order valence-electron chi connectivity index (χ1n) is 6.34. The van der Waals surface area contributed by atoms with Crippen molar-refractivity contribution in [2.75, 3.05) is 11.9 Å². The highest BCUT2D eigenvalue weighted by Crippen LogP contribution is 2.25. The Morgan fingerprint density at radius 2 is 1.85 bits per heavy atom. The summed E-state index contributed by atoms with van der Waals surface area (Å²) in [5.74, 6) is -0.493. The number of thiazole rings is 1. The van der Waals surface area contributed by atoms with Gasteiger partial charge in [-0.15, -0.1) is 11.3 Å². The highest BCUT2D eigenvalue weighted by molar-refractivity contribution is 7.13. The Labute approximate surface area is 120 Å². The molecule has 1 N–H and O–H groups in total. The lowest BCUT2D eigenvalue weighted by Crippen LogP contribution is -2.29. The molecular formula is C14H13N3O2S. The quantitative estimate of drug-likeness (QED) is 0.877. The van der Waals surface area contributed by atoms with Crippen LogP contribution in [0.2, 0.25) is 0 Å². The maximum absolute atomic E-state index is 12.2. The van der Waals surface area contributed by atoms with Crippen LogP contribution in [-0.2, 0) is 6.54 Å². The highest BCUT2D eigenvalue weighted by Gasteiger charge is 2.35. The molecule has 5 nitrogen and oxygen atoms in total. The smallest absolute Gasteiger partial charge is 0.261 e. The van der Waals surface area contributed by atoms with Crippen LogP contribution in [0.4, 0.5) is 5.13 Å². The average Bonchev–Trinajstić information content (AvgIpc) is 2.99. The van der Waals surface area contributed by atoms with Gasteiger partial charge in [-0.25, -0.2) is 4.98 Å². The number of nitrogens with one attached hydrogen (secondary N) is 1. The molecule has 2 aromatic rings. The Morgan fingerprint density at radius 3 is 2.45 bits per heavy atom. The summed E-state index contributed by atoms with van der Waals surface area (Å²) >= 11 is 1.47. The first kappa shape index (κ1) is 12.8. The minimum absolute atomic E-state index is 0.217. The second-order valence-corrected chi connectivity index (χ2v) is 5.27. The highest BCUT2D eigenvalue weighted by atomic mass is 32.1. The zero-order chi connectivity index (χ0) is 14.1. The summed E-state index contributed by atoms with van der Waals surface area (Å²) in [5, 5.41) is 5.78. The second-order valence-electron chi connectivity index (χ2n) is 4.42. The number of carbonyl (C=O) groups excluding carboxylic acids is 2. The van der Waals surface area contributed by atoms with Crippen LogP contribution in [-0.4, -0.2) is 28.2 Å². The van der Waals surface area contributed by atoms with Gasteiger partial charge < -0.3 is 5.32 Å². The van der Waals surface area contributed by atoms with Gasteiger partial charge in [0, 0.05) is 11.9 Å². The number of imide groups is 1. The molecule has 0 spiro atoms. The van der Waals surface area contributed by atoms with Crippen molar-refractivity contribution < 1.29 is 9.59 Å². The van der Waals surface area contributed by atoms with E-state index in [9.17, 15) is 9.59 Å². The standard InChI is InChI=1S/C14H13N3O2S/c1-2-15-14-16-9(8-20-14)7-17-12(18)10-5-3-4-6-11(10)13(17)19/h3-6,8H,2,7H2,1H3,(H,15,16). The topological polar surface area (TPSA) is 62.3 Å². The van der Waals surface area contributed by atoms with Gasteiger partial charge in [-0.1, -0.05) is 12.1 Å². The molecule has 6 heteroatoms. The van der Waals surface area contributed by atoms with Crippen molar-refractivity contribution in [1.82, 2.24) is 9.88 Å². The molecule has 2 heterocycles. The van der Waals surface area contributed by atoms with Gasteiger partial charge in [-0.05, 0) is 19.1 Å². The minimum Gasteiger partial charge on any atom is -0.362 e. The number of anilines is 1. The number of carbonyl (C=O) groups is 2. The minimum atomic E-state index is -0.247. The molecule has 0 radical (unpaired) electrons. The predicted molar refractivity (Wildman–Crippen MR) is 76.9 cm³/mol. The summed E-state index contributed by atoms with van der Waals surface area (Å²) in [6.45, 7) is 3.00. The molecule has 1 aliphatic heterocycles. The number of aromatic nitrogens is 1. The van der Waals surface area contributed by atoms with Gasteiger partial charge in [-0.3, -0.25) is 14.5 Å². The number of nitrogens with zero attached hydrogens (tertiary/aromatic N) is 2. The monoisotopic (exact) mass is 287 g/mol. The summed E-state index contributed by atoms with van der Waals surface area (Å²) in [4.78, 5) is 30.0. The molecule has 0 unspecified atom stereocenters. The molecular weight excluding hydrogens is 274 g/mol. The van der Waals surface area contributed by atoms with Gasteiger partial charge in [0.05, 0.1) is 23.4 Å². The van der Waals surface area contributed by atoms with Crippen LogP contribution >= 0.6 is 11.3 Å². The molecule has 0 fully saturated rings. The van der Waals surface area contributed by atoms with Crippen LogP contribution in [0.25, 0.3) is 0 Å². The van der Waals surface area contributed by atoms with E-state index in [0.29, 0.717) is 11.1 Å². The van der Waals surface area contributed by atoms with Crippen LogP contribution in [0.5, 0.6) is 0 Å². The van der Waals surface area contributed by atoms with E-state index in [2.05, 4.69) is 10.3 Å². The molecule has 0 atom stereocenters. The van der Waals surface area contributed by atoms with Crippen molar-refractivity contribution in [3.63, 3.8) is 0 Å². The van der Waals surface area contributed by atoms with Crippen LogP contribution in [0, 0.1) is 0 Å². The number of fused-ring (bicyclic) bond motifs is 1. The summed E-state index contributed by atoms with van der Waals surface area (Å²) in [6, 6.07) is 6.89.